The molecule has 1 heterocycles. The maximum Gasteiger partial charge on any atom is 0.248 e. The number of piperazine rings is 1. The van der Waals surface area contributed by atoms with Crippen LogP contribution in [-0.2, 0) is 20.9 Å². The van der Waals surface area contributed by atoms with Gasteiger partial charge in [-0.05, 0) is 24.8 Å². The zero-order valence-electron chi connectivity index (χ0n) is 16.5. The molecule has 6 nitrogen and oxygen atoms in total. The summed E-state index contributed by atoms with van der Waals surface area (Å²) in [6, 6.07) is 6.31. The molecule has 1 aromatic rings. The first kappa shape index (κ1) is 20.7. The molecule has 1 N–H and O–H groups in total. The van der Waals surface area contributed by atoms with E-state index < -0.39 is 0 Å². The van der Waals surface area contributed by atoms with Crippen molar-refractivity contribution in [1.29, 1.82) is 0 Å². The van der Waals surface area contributed by atoms with Gasteiger partial charge in [-0.15, -0.1) is 0 Å². The number of amides is 2. The van der Waals surface area contributed by atoms with Crippen LogP contribution in [0.2, 0.25) is 0 Å². The van der Waals surface area contributed by atoms with Crippen molar-refractivity contribution in [3.8, 4) is 0 Å². The van der Waals surface area contributed by atoms with Crippen LogP contribution in [0, 0.1) is 11.7 Å². The van der Waals surface area contributed by atoms with Crippen molar-refractivity contribution in [3.63, 3.8) is 0 Å². The Kier molecular flexibility index (Phi) is 7.39. The van der Waals surface area contributed by atoms with Gasteiger partial charge in [-0.3, -0.25) is 14.5 Å². The highest BCUT2D eigenvalue weighted by molar-refractivity contribution is 5.82. The smallest absolute Gasteiger partial charge is 0.248 e. The predicted molar refractivity (Wildman–Crippen MR) is 104 cm³/mol. The van der Waals surface area contributed by atoms with Crippen LogP contribution in [-0.4, -0.2) is 67.6 Å². The summed E-state index contributed by atoms with van der Waals surface area (Å²) < 4.78 is 18.8. The minimum Gasteiger partial charge on any atom is -0.375 e. The van der Waals surface area contributed by atoms with Gasteiger partial charge in [0.2, 0.25) is 11.8 Å². The van der Waals surface area contributed by atoms with Gasteiger partial charge < -0.3 is 15.0 Å². The number of hydrogen-bond donors (Lipinski definition) is 1. The first-order valence-electron chi connectivity index (χ1n) is 10.1. The maximum atomic E-state index is 13.9. The first-order valence-corrected chi connectivity index (χ1v) is 10.1. The molecule has 2 amide bonds. The van der Waals surface area contributed by atoms with Crippen molar-refractivity contribution in [2.45, 2.75) is 38.3 Å². The number of nitrogens with zero attached hydrogens (tertiary/aromatic N) is 2. The fraction of sp³-hybridized carbons (Fsp3) is 0.619. The lowest BCUT2D eigenvalue weighted by Crippen LogP contribution is -2.58. The summed E-state index contributed by atoms with van der Waals surface area (Å²) in [6.45, 7) is 2.84. The standard InChI is InChI=1S/C21H30FN3O3/c1-28-15-19(26)24-10-12-25(13-11-24)20(16-6-2-3-7-16)21(27)23-14-17-8-4-5-9-18(17)22/h4-5,8-9,16,20H,2-3,6-7,10-15H2,1H3,(H,23,27). The molecule has 7 heteroatoms. The van der Waals surface area contributed by atoms with Gasteiger partial charge in [0.15, 0.2) is 0 Å². The Bertz CT molecular complexity index is 671. The van der Waals surface area contributed by atoms with Crippen LogP contribution >= 0.6 is 0 Å². The van der Waals surface area contributed by atoms with E-state index in [1.54, 1.807) is 23.1 Å². The van der Waals surface area contributed by atoms with Crippen molar-refractivity contribution in [1.82, 2.24) is 15.1 Å². The average molecular weight is 391 g/mol. The van der Waals surface area contributed by atoms with E-state index in [4.69, 9.17) is 4.74 Å². The highest BCUT2D eigenvalue weighted by Crippen LogP contribution is 2.31. The number of halogens is 1. The Balaban J connectivity index is 1.62. The van der Waals surface area contributed by atoms with Crippen LogP contribution < -0.4 is 5.32 Å². The van der Waals surface area contributed by atoms with Gasteiger partial charge in [-0.25, -0.2) is 4.39 Å². The van der Waals surface area contributed by atoms with Crippen LogP contribution in [0.1, 0.15) is 31.2 Å². The predicted octanol–water partition coefficient (Wildman–Crippen LogP) is 1.79. The van der Waals surface area contributed by atoms with E-state index in [2.05, 4.69) is 10.2 Å². The van der Waals surface area contributed by atoms with E-state index in [0.29, 0.717) is 37.7 Å². The molecule has 1 saturated carbocycles. The molecular weight excluding hydrogens is 361 g/mol. The summed E-state index contributed by atoms with van der Waals surface area (Å²) in [5, 5.41) is 2.95. The number of carbonyl (C=O) groups is 2. The van der Waals surface area contributed by atoms with Crippen LogP contribution in [0.4, 0.5) is 4.39 Å². The summed E-state index contributed by atoms with van der Waals surface area (Å²) in [5.41, 5.74) is 0.496. The number of nitrogens with one attached hydrogen (secondary N) is 1. The SMILES string of the molecule is COCC(=O)N1CCN(C(C(=O)NCc2ccccc2F)C2CCCC2)CC1. The number of ether oxygens (including phenoxy) is 1. The zero-order valence-corrected chi connectivity index (χ0v) is 16.5. The largest absolute Gasteiger partial charge is 0.375 e. The van der Waals surface area contributed by atoms with Crippen LogP contribution in [0.15, 0.2) is 24.3 Å². The Labute approximate surface area is 166 Å². The van der Waals surface area contributed by atoms with Crippen molar-refractivity contribution >= 4 is 11.8 Å². The molecule has 1 aliphatic carbocycles. The minimum atomic E-state index is -0.300. The lowest BCUT2D eigenvalue weighted by atomic mass is 9.95. The van der Waals surface area contributed by atoms with E-state index in [1.165, 1.54) is 13.2 Å². The van der Waals surface area contributed by atoms with Crippen LogP contribution in [0.25, 0.3) is 0 Å². The third-order valence-corrected chi connectivity index (χ3v) is 5.85. The van der Waals surface area contributed by atoms with Gasteiger partial charge in [0.05, 0.1) is 6.04 Å². The molecule has 2 aliphatic rings. The summed E-state index contributed by atoms with van der Waals surface area (Å²) in [4.78, 5) is 29.1. The molecule has 3 rings (SSSR count). The number of carbonyl (C=O) groups excluding carboxylic acids is 2. The summed E-state index contributed by atoms with van der Waals surface area (Å²) >= 11 is 0. The summed E-state index contributed by atoms with van der Waals surface area (Å²) in [7, 11) is 1.52. The van der Waals surface area contributed by atoms with Crippen molar-refractivity contribution in [2.24, 2.45) is 5.92 Å². The second-order valence-corrected chi connectivity index (χ2v) is 7.65. The summed E-state index contributed by atoms with van der Waals surface area (Å²) in [5.74, 6) is -0.0253. The average Bonchev–Trinajstić information content (AvgIpc) is 3.22. The molecule has 154 valence electrons. The molecule has 0 bridgehead atoms. The van der Waals surface area contributed by atoms with Crippen LogP contribution in [0.3, 0.4) is 0 Å². The lowest BCUT2D eigenvalue weighted by molar-refractivity contribution is -0.138. The number of methoxy groups -OCH3 is 1. The van der Waals surface area contributed by atoms with E-state index >= 15 is 0 Å². The molecule has 1 aliphatic heterocycles. The molecule has 1 saturated heterocycles. The normalized spacial score (nSPS) is 19.6. The highest BCUT2D eigenvalue weighted by atomic mass is 19.1. The molecular formula is C21H30FN3O3. The molecule has 0 spiro atoms. The van der Waals surface area contributed by atoms with Gasteiger partial charge in [0.25, 0.3) is 0 Å². The van der Waals surface area contributed by atoms with E-state index in [-0.39, 0.29) is 36.8 Å². The maximum absolute atomic E-state index is 13.9. The monoisotopic (exact) mass is 391 g/mol. The minimum absolute atomic E-state index is 0.0106. The van der Waals surface area contributed by atoms with E-state index in [0.717, 1.165) is 25.7 Å². The van der Waals surface area contributed by atoms with Crippen molar-refractivity contribution in [3.05, 3.63) is 35.6 Å². The molecule has 1 aromatic carbocycles. The summed E-state index contributed by atoms with van der Waals surface area (Å²) in [6.07, 6.45) is 4.38. The van der Waals surface area contributed by atoms with Gasteiger partial charge in [-0.2, -0.15) is 0 Å². The lowest BCUT2D eigenvalue weighted by Gasteiger charge is -2.40. The Hall–Kier alpha value is -1.99. The topological polar surface area (TPSA) is 61.9 Å². The van der Waals surface area contributed by atoms with Gasteiger partial charge in [-0.1, -0.05) is 31.0 Å². The third kappa shape index (κ3) is 5.08. The number of rotatable bonds is 7. The second-order valence-electron chi connectivity index (χ2n) is 7.65. The second kappa shape index (κ2) is 9.98. The van der Waals surface area contributed by atoms with E-state index in [9.17, 15) is 14.0 Å². The van der Waals surface area contributed by atoms with Crippen molar-refractivity contribution < 1.29 is 18.7 Å². The molecule has 0 aromatic heterocycles. The quantitative estimate of drug-likeness (QED) is 0.770. The van der Waals surface area contributed by atoms with Gasteiger partial charge in [0.1, 0.15) is 12.4 Å². The van der Waals surface area contributed by atoms with Crippen LogP contribution in [0.5, 0.6) is 0 Å². The Morgan fingerprint density at radius 2 is 1.86 bits per heavy atom. The van der Waals surface area contributed by atoms with Gasteiger partial charge >= 0.3 is 0 Å². The van der Waals surface area contributed by atoms with Crippen molar-refractivity contribution in [2.75, 3.05) is 39.9 Å². The highest BCUT2D eigenvalue weighted by Gasteiger charge is 2.37. The third-order valence-electron chi connectivity index (χ3n) is 5.85. The Morgan fingerprint density at radius 3 is 2.50 bits per heavy atom. The molecule has 0 radical (unpaired) electrons. The number of hydrogen-bond acceptors (Lipinski definition) is 4. The van der Waals surface area contributed by atoms with Gasteiger partial charge in [0, 0.05) is 45.4 Å². The molecule has 1 atom stereocenters. The zero-order chi connectivity index (χ0) is 19.9. The molecule has 2 fully saturated rings. The molecule has 1 unspecified atom stereocenters. The molecule has 28 heavy (non-hydrogen) atoms. The fourth-order valence-corrected chi connectivity index (χ4v) is 4.34. The Morgan fingerprint density at radius 1 is 1.18 bits per heavy atom. The fourth-order valence-electron chi connectivity index (χ4n) is 4.34. The van der Waals surface area contributed by atoms with E-state index in [1.807, 2.05) is 0 Å². The first-order chi connectivity index (χ1) is 13.6. The number of benzene rings is 1.